The highest BCUT2D eigenvalue weighted by Gasteiger charge is 2.11. The first-order chi connectivity index (χ1) is 13.5. The topological polar surface area (TPSA) is 72.5 Å². The van der Waals surface area contributed by atoms with Gasteiger partial charge in [-0.15, -0.1) is 0 Å². The van der Waals surface area contributed by atoms with Gasteiger partial charge in [0.15, 0.2) is 11.5 Å². The number of carbonyl (C=O) groups excluding carboxylic acids is 1. The number of ether oxygens (including phenoxy) is 2. The molecule has 0 aliphatic heterocycles. The van der Waals surface area contributed by atoms with E-state index in [0.29, 0.717) is 33.5 Å². The molecule has 0 spiro atoms. The predicted molar refractivity (Wildman–Crippen MR) is 111 cm³/mol. The van der Waals surface area contributed by atoms with Crippen LogP contribution < -0.4 is 20.1 Å². The second kappa shape index (κ2) is 8.63. The zero-order chi connectivity index (χ0) is 20.1. The summed E-state index contributed by atoms with van der Waals surface area (Å²) in [6, 6.07) is 12.5. The van der Waals surface area contributed by atoms with Crippen molar-refractivity contribution < 1.29 is 14.3 Å². The molecule has 0 saturated heterocycles. The maximum atomic E-state index is 12.6. The summed E-state index contributed by atoms with van der Waals surface area (Å²) in [4.78, 5) is 16.8. The lowest BCUT2D eigenvalue weighted by atomic mass is 10.2. The van der Waals surface area contributed by atoms with Crippen LogP contribution in [0, 0.1) is 6.92 Å². The van der Waals surface area contributed by atoms with Crippen LogP contribution in [-0.4, -0.2) is 25.1 Å². The highest BCUT2D eigenvalue weighted by Crippen LogP contribution is 2.30. The number of hydrogen-bond donors (Lipinski definition) is 2. The molecule has 0 aliphatic carbocycles. The molecule has 1 amide bonds. The van der Waals surface area contributed by atoms with Gasteiger partial charge in [-0.3, -0.25) is 9.78 Å². The Morgan fingerprint density at radius 1 is 0.964 bits per heavy atom. The monoisotopic (exact) mass is 397 g/mol. The summed E-state index contributed by atoms with van der Waals surface area (Å²) in [6.45, 7) is 1.95. The maximum absolute atomic E-state index is 12.6. The number of benzene rings is 2. The van der Waals surface area contributed by atoms with Crippen LogP contribution in [0.15, 0.2) is 54.9 Å². The van der Waals surface area contributed by atoms with Crippen molar-refractivity contribution in [2.75, 3.05) is 24.9 Å². The van der Waals surface area contributed by atoms with Crippen LogP contribution in [0.2, 0.25) is 5.02 Å². The van der Waals surface area contributed by atoms with Crippen molar-refractivity contribution in [1.82, 2.24) is 4.98 Å². The minimum Gasteiger partial charge on any atom is -0.493 e. The molecule has 28 heavy (non-hydrogen) atoms. The maximum Gasteiger partial charge on any atom is 0.257 e. The third-order valence-corrected chi connectivity index (χ3v) is 4.34. The molecule has 0 aliphatic rings. The summed E-state index contributed by atoms with van der Waals surface area (Å²) in [6.07, 6.45) is 3.16. The largest absolute Gasteiger partial charge is 0.493 e. The zero-order valence-corrected chi connectivity index (χ0v) is 16.5. The quantitative estimate of drug-likeness (QED) is 0.608. The van der Waals surface area contributed by atoms with Crippen LogP contribution in [-0.2, 0) is 0 Å². The van der Waals surface area contributed by atoms with Gasteiger partial charge < -0.3 is 20.1 Å². The van der Waals surface area contributed by atoms with E-state index in [2.05, 4.69) is 15.6 Å². The van der Waals surface area contributed by atoms with E-state index in [9.17, 15) is 4.79 Å². The molecule has 144 valence electrons. The van der Waals surface area contributed by atoms with Crippen molar-refractivity contribution in [3.05, 3.63) is 71.0 Å². The average molecular weight is 398 g/mol. The summed E-state index contributed by atoms with van der Waals surface area (Å²) in [7, 11) is 3.10. The smallest absolute Gasteiger partial charge is 0.257 e. The van der Waals surface area contributed by atoms with Crippen LogP contribution in [0.1, 0.15) is 15.9 Å². The molecule has 2 N–H and O–H groups in total. The molecular formula is C21H20ClN3O3. The lowest BCUT2D eigenvalue weighted by Crippen LogP contribution is -2.12. The molecule has 3 aromatic rings. The summed E-state index contributed by atoms with van der Waals surface area (Å²) < 4.78 is 10.5. The van der Waals surface area contributed by atoms with Gasteiger partial charge >= 0.3 is 0 Å². The van der Waals surface area contributed by atoms with Gasteiger partial charge in [0, 0.05) is 28.7 Å². The first-order valence-electron chi connectivity index (χ1n) is 8.52. The van der Waals surface area contributed by atoms with Crippen molar-refractivity contribution in [2.24, 2.45) is 0 Å². The van der Waals surface area contributed by atoms with Gasteiger partial charge in [0.2, 0.25) is 0 Å². The van der Waals surface area contributed by atoms with E-state index in [1.54, 1.807) is 50.7 Å². The number of nitrogens with one attached hydrogen (secondary N) is 2. The molecule has 1 heterocycles. The number of anilines is 3. The number of pyridine rings is 1. The third kappa shape index (κ3) is 4.53. The summed E-state index contributed by atoms with van der Waals surface area (Å²) in [5.74, 6) is 0.843. The molecular weight excluding hydrogens is 378 g/mol. The van der Waals surface area contributed by atoms with Crippen LogP contribution in [0.5, 0.6) is 11.5 Å². The molecule has 0 saturated carbocycles. The predicted octanol–water partition coefficient (Wildman–Crippen LogP) is 5.06. The van der Waals surface area contributed by atoms with Crippen molar-refractivity contribution in [1.29, 1.82) is 0 Å². The highest BCUT2D eigenvalue weighted by molar-refractivity contribution is 6.30. The molecule has 1 aromatic heterocycles. The van der Waals surface area contributed by atoms with Gasteiger partial charge in [0.25, 0.3) is 5.91 Å². The number of nitrogens with zero attached hydrogens (tertiary/aromatic N) is 1. The van der Waals surface area contributed by atoms with Crippen LogP contribution in [0.4, 0.5) is 17.1 Å². The van der Waals surface area contributed by atoms with E-state index in [4.69, 9.17) is 21.1 Å². The van der Waals surface area contributed by atoms with E-state index in [-0.39, 0.29) is 5.91 Å². The fourth-order valence-corrected chi connectivity index (χ4v) is 2.90. The first kappa shape index (κ1) is 19.5. The number of aryl methyl sites for hydroxylation is 1. The Balaban J connectivity index is 1.77. The second-order valence-electron chi connectivity index (χ2n) is 6.07. The van der Waals surface area contributed by atoms with Gasteiger partial charge in [0.1, 0.15) is 0 Å². The standard InChI is InChI=1S/C21H20ClN3O3/c1-13-8-15(22)4-6-18(13)24-17-9-14(11-23-12-17)21(26)25-16-5-7-19(27-2)20(10-16)28-3/h4-12,24H,1-3H3,(H,25,26). The molecule has 3 rings (SSSR count). The van der Waals surface area contributed by atoms with E-state index < -0.39 is 0 Å². The summed E-state index contributed by atoms with van der Waals surface area (Å²) in [5, 5.41) is 6.76. The molecule has 0 fully saturated rings. The third-order valence-electron chi connectivity index (χ3n) is 4.11. The molecule has 0 bridgehead atoms. The minimum absolute atomic E-state index is 0.281. The Labute approximate surface area is 168 Å². The fourth-order valence-electron chi connectivity index (χ4n) is 2.67. The molecule has 7 heteroatoms. The van der Waals surface area contributed by atoms with Gasteiger partial charge in [0.05, 0.1) is 31.7 Å². The molecule has 0 radical (unpaired) electrons. The van der Waals surface area contributed by atoms with Gasteiger partial charge in [-0.05, 0) is 48.9 Å². The van der Waals surface area contributed by atoms with Crippen molar-refractivity contribution in [3.63, 3.8) is 0 Å². The second-order valence-corrected chi connectivity index (χ2v) is 6.51. The van der Waals surface area contributed by atoms with E-state index >= 15 is 0 Å². The van der Waals surface area contributed by atoms with E-state index in [1.807, 2.05) is 19.1 Å². The number of methoxy groups -OCH3 is 2. The molecule has 6 nitrogen and oxygen atoms in total. The number of amides is 1. The number of aromatic nitrogens is 1. The Morgan fingerprint density at radius 3 is 2.46 bits per heavy atom. The zero-order valence-electron chi connectivity index (χ0n) is 15.7. The van der Waals surface area contributed by atoms with Crippen LogP contribution in [0.25, 0.3) is 0 Å². The Kier molecular flexibility index (Phi) is 6.01. The van der Waals surface area contributed by atoms with Crippen LogP contribution >= 0.6 is 11.6 Å². The fraction of sp³-hybridized carbons (Fsp3) is 0.143. The molecule has 2 aromatic carbocycles. The normalized spacial score (nSPS) is 10.3. The number of rotatable bonds is 6. The lowest BCUT2D eigenvalue weighted by Gasteiger charge is -2.12. The number of hydrogen-bond acceptors (Lipinski definition) is 5. The average Bonchev–Trinajstić information content (AvgIpc) is 2.70. The Hall–Kier alpha value is -3.25. The van der Waals surface area contributed by atoms with Gasteiger partial charge in [-0.1, -0.05) is 11.6 Å². The Morgan fingerprint density at radius 2 is 1.75 bits per heavy atom. The highest BCUT2D eigenvalue weighted by atomic mass is 35.5. The number of halogens is 1. The van der Waals surface area contributed by atoms with Crippen molar-refractivity contribution in [3.8, 4) is 11.5 Å². The number of carbonyl (C=O) groups is 1. The van der Waals surface area contributed by atoms with Crippen LogP contribution in [0.3, 0.4) is 0 Å². The Bertz CT molecular complexity index is 1010. The first-order valence-corrected chi connectivity index (χ1v) is 8.89. The molecule has 0 unspecified atom stereocenters. The van der Waals surface area contributed by atoms with Gasteiger partial charge in [-0.25, -0.2) is 0 Å². The molecule has 0 atom stereocenters. The summed E-state index contributed by atoms with van der Waals surface area (Å²) >= 11 is 5.99. The van der Waals surface area contributed by atoms with E-state index in [0.717, 1.165) is 11.3 Å². The van der Waals surface area contributed by atoms with Crippen molar-refractivity contribution >= 4 is 34.6 Å². The minimum atomic E-state index is -0.281. The van der Waals surface area contributed by atoms with Crippen molar-refractivity contribution in [2.45, 2.75) is 6.92 Å². The van der Waals surface area contributed by atoms with Gasteiger partial charge in [-0.2, -0.15) is 0 Å². The summed E-state index contributed by atoms with van der Waals surface area (Å²) in [5.41, 5.74) is 3.60. The SMILES string of the molecule is COc1ccc(NC(=O)c2cncc(Nc3ccc(Cl)cc3C)c2)cc1OC. The van der Waals surface area contributed by atoms with E-state index in [1.165, 1.54) is 6.20 Å². The lowest BCUT2D eigenvalue weighted by molar-refractivity contribution is 0.102.